The molecule has 3 rings (SSSR count). The Bertz CT molecular complexity index is 1030. The lowest BCUT2D eigenvalue weighted by Crippen LogP contribution is -2.10. The van der Waals surface area contributed by atoms with Crippen molar-refractivity contribution >= 4 is 49.8 Å². The van der Waals surface area contributed by atoms with Crippen LogP contribution in [0.2, 0.25) is 5.15 Å². The predicted molar refractivity (Wildman–Crippen MR) is 91.6 cm³/mol. The van der Waals surface area contributed by atoms with Gasteiger partial charge in [-0.05, 0) is 24.3 Å². The summed E-state index contributed by atoms with van der Waals surface area (Å²) in [5, 5.41) is 6.14. The molecular formula is C15H11ClN2O4S2. The Balaban J connectivity index is 1.77. The molecule has 2 N–H and O–H groups in total. The number of rotatable bonds is 4. The minimum atomic E-state index is -3.83. The van der Waals surface area contributed by atoms with Crippen LogP contribution in [0.1, 0.15) is 15.2 Å². The molecule has 0 amide bonds. The van der Waals surface area contributed by atoms with Gasteiger partial charge in [-0.15, -0.1) is 11.3 Å². The molecule has 0 fully saturated rings. The molecule has 0 aliphatic carbocycles. The largest absolute Gasteiger partial charge is 0.457 e. The molecule has 0 unspecified atom stereocenters. The van der Waals surface area contributed by atoms with Gasteiger partial charge in [0.25, 0.3) is 0 Å². The van der Waals surface area contributed by atoms with Gasteiger partial charge >= 0.3 is 5.97 Å². The molecule has 1 aromatic carbocycles. The van der Waals surface area contributed by atoms with E-state index in [1.807, 2.05) is 24.3 Å². The van der Waals surface area contributed by atoms with E-state index in [-0.39, 0.29) is 20.8 Å². The van der Waals surface area contributed by atoms with E-state index in [2.05, 4.69) is 4.98 Å². The van der Waals surface area contributed by atoms with Gasteiger partial charge in [-0.25, -0.2) is 23.3 Å². The maximum atomic E-state index is 12.0. The number of aromatic nitrogens is 1. The highest BCUT2D eigenvalue weighted by molar-refractivity contribution is 7.91. The number of pyridine rings is 1. The molecule has 0 saturated heterocycles. The van der Waals surface area contributed by atoms with Crippen molar-refractivity contribution in [1.29, 1.82) is 0 Å². The molecule has 0 aliphatic rings. The third-order valence-electron chi connectivity index (χ3n) is 3.17. The third kappa shape index (κ3) is 3.57. The summed E-state index contributed by atoms with van der Waals surface area (Å²) in [6.07, 6.45) is 0. The van der Waals surface area contributed by atoms with Crippen molar-refractivity contribution in [3.63, 3.8) is 0 Å². The van der Waals surface area contributed by atoms with Crippen molar-refractivity contribution in [2.24, 2.45) is 5.14 Å². The second kappa shape index (κ2) is 6.48. The molecule has 0 atom stereocenters. The number of carbonyl (C=O) groups is 1. The number of thiophene rings is 1. The molecule has 0 spiro atoms. The molecule has 9 heteroatoms. The predicted octanol–water partition coefficient (Wildman–Crippen LogP) is 2.95. The van der Waals surface area contributed by atoms with E-state index in [9.17, 15) is 13.2 Å². The van der Waals surface area contributed by atoms with Crippen LogP contribution in [-0.4, -0.2) is 19.4 Å². The maximum Gasteiger partial charge on any atom is 0.348 e. The zero-order valence-electron chi connectivity index (χ0n) is 12.1. The van der Waals surface area contributed by atoms with Gasteiger partial charge < -0.3 is 4.74 Å². The van der Waals surface area contributed by atoms with Gasteiger partial charge in [-0.1, -0.05) is 29.8 Å². The van der Waals surface area contributed by atoms with E-state index >= 15 is 0 Å². The van der Waals surface area contributed by atoms with Gasteiger partial charge in [0, 0.05) is 10.9 Å². The fourth-order valence-electron chi connectivity index (χ4n) is 2.03. The van der Waals surface area contributed by atoms with Crippen molar-refractivity contribution in [1.82, 2.24) is 4.98 Å². The van der Waals surface area contributed by atoms with Crippen LogP contribution in [0.4, 0.5) is 0 Å². The van der Waals surface area contributed by atoms with E-state index < -0.39 is 16.0 Å². The second-order valence-corrected chi connectivity index (χ2v) is 8.10. The lowest BCUT2D eigenvalue weighted by atomic mass is 10.2. The quantitative estimate of drug-likeness (QED) is 0.552. The second-order valence-electron chi connectivity index (χ2n) is 4.87. The SMILES string of the molecule is NS(=O)(=O)c1ccc(C(=O)OCc2cc3ccccc3nc2Cl)s1. The molecular weight excluding hydrogens is 372 g/mol. The Morgan fingerprint density at radius 1 is 1.25 bits per heavy atom. The van der Waals surface area contributed by atoms with Crippen LogP contribution >= 0.6 is 22.9 Å². The minimum absolute atomic E-state index is 0.0713. The van der Waals surface area contributed by atoms with E-state index in [0.717, 1.165) is 22.2 Å². The number of nitrogens with two attached hydrogens (primary N) is 1. The highest BCUT2D eigenvalue weighted by atomic mass is 35.5. The first-order valence-corrected chi connectivity index (χ1v) is 9.42. The highest BCUT2D eigenvalue weighted by Gasteiger charge is 2.17. The Morgan fingerprint density at radius 3 is 2.71 bits per heavy atom. The van der Waals surface area contributed by atoms with Crippen LogP contribution < -0.4 is 5.14 Å². The highest BCUT2D eigenvalue weighted by Crippen LogP contribution is 2.24. The van der Waals surface area contributed by atoms with Crippen LogP contribution in [0, 0.1) is 0 Å². The summed E-state index contributed by atoms with van der Waals surface area (Å²) in [7, 11) is -3.83. The normalized spacial score (nSPS) is 11.6. The molecule has 124 valence electrons. The van der Waals surface area contributed by atoms with Crippen LogP contribution in [-0.2, 0) is 21.4 Å². The molecule has 0 radical (unpaired) electrons. The smallest absolute Gasteiger partial charge is 0.348 e. The number of fused-ring (bicyclic) bond motifs is 1. The van der Waals surface area contributed by atoms with Crippen molar-refractivity contribution in [3.8, 4) is 0 Å². The standard InChI is InChI=1S/C15H11ClN2O4S2/c16-14-10(7-9-3-1-2-4-11(9)18-14)8-22-15(19)12-5-6-13(23-12)24(17,20)21/h1-7H,8H2,(H2,17,20,21). The number of ether oxygens (including phenoxy) is 1. The van der Waals surface area contributed by atoms with Gasteiger partial charge in [-0.2, -0.15) is 0 Å². The number of benzene rings is 1. The summed E-state index contributed by atoms with van der Waals surface area (Å²) >= 11 is 6.85. The fourth-order valence-corrected chi connectivity index (χ4v) is 3.86. The van der Waals surface area contributed by atoms with Gasteiger partial charge in [0.1, 0.15) is 20.8 Å². The van der Waals surface area contributed by atoms with E-state index in [0.29, 0.717) is 5.56 Å². The third-order valence-corrected chi connectivity index (χ3v) is 6.00. The maximum absolute atomic E-state index is 12.0. The van der Waals surface area contributed by atoms with Gasteiger partial charge in [0.05, 0.1) is 5.52 Å². The molecule has 0 saturated carbocycles. The summed E-state index contributed by atoms with van der Waals surface area (Å²) in [4.78, 5) is 16.4. The summed E-state index contributed by atoms with van der Waals surface area (Å²) in [5.41, 5.74) is 1.31. The molecule has 6 nitrogen and oxygen atoms in total. The number of para-hydroxylation sites is 1. The van der Waals surface area contributed by atoms with E-state index in [4.69, 9.17) is 21.5 Å². The summed E-state index contributed by atoms with van der Waals surface area (Å²) in [6, 6.07) is 11.8. The van der Waals surface area contributed by atoms with Crippen molar-refractivity contribution < 1.29 is 17.9 Å². The van der Waals surface area contributed by atoms with Crippen molar-refractivity contribution in [3.05, 3.63) is 58.1 Å². The molecule has 0 aliphatic heterocycles. The lowest BCUT2D eigenvalue weighted by Gasteiger charge is -2.07. The first-order chi connectivity index (χ1) is 11.3. The van der Waals surface area contributed by atoms with Crippen LogP contribution in [0.3, 0.4) is 0 Å². The van der Waals surface area contributed by atoms with Crippen LogP contribution in [0.15, 0.2) is 46.7 Å². The first kappa shape index (κ1) is 16.8. The number of esters is 1. The number of halogens is 1. The first-order valence-electron chi connectivity index (χ1n) is 6.68. The Morgan fingerprint density at radius 2 is 2.00 bits per heavy atom. The number of hydrogen-bond acceptors (Lipinski definition) is 6. The average Bonchev–Trinajstić information content (AvgIpc) is 3.03. The molecule has 3 aromatic rings. The number of nitrogens with zero attached hydrogens (tertiary/aromatic N) is 1. The van der Waals surface area contributed by atoms with E-state index in [1.165, 1.54) is 12.1 Å². The van der Waals surface area contributed by atoms with Gasteiger partial charge in [0.2, 0.25) is 10.0 Å². The number of sulfonamides is 1. The monoisotopic (exact) mass is 382 g/mol. The van der Waals surface area contributed by atoms with Crippen LogP contribution in [0.5, 0.6) is 0 Å². The minimum Gasteiger partial charge on any atom is -0.457 e. The Hall–Kier alpha value is -2.00. The molecule has 0 bridgehead atoms. The average molecular weight is 383 g/mol. The lowest BCUT2D eigenvalue weighted by molar-refractivity contribution is 0.0478. The summed E-state index contributed by atoms with van der Waals surface area (Å²) in [6.45, 7) is -0.0713. The topological polar surface area (TPSA) is 99.4 Å². The number of carbonyl (C=O) groups excluding carboxylic acids is 1. The number of hydrogen-bond donors (Lipinski definition) is 1. The zero-order valence-corrected chi connectivity index (χ0v) is 14.5. The number of primary sulfonamides is 1. The summed E-state index contributed by atoms with van der Waals surface area (Å²) < 4.78 is 27.5. The fraction of sp³-hybridized carbons (Fsp3) is 0.0667. The molecule has 24 heavy (non-hydrogen) atoms. The van der Waals surface area contributed by atoms with Crippen molar-refractivity contribution in [2.75, 3.05) is 0 Å². The van der Waals surface area contributed by atoms with E-state index in [1.54, 1.807) is 6.07 Å². The van der Waals surface area contributed by atoms with Crippen molar-refractivity contribution in [2.45, 2.75) is 10.8 Å². The summed E-state index contributed by atoms with van der Waals surface area (Å²) in [5.74, 6) is -0.654. The zero-order chi connectivity index (χ0) is 17.3. The Labute approximate surface area is 146 Å². The van der Waals surface area contributed by atoms with Gasteiger partial charge in [0.15, 0.2) is 0 Å². The Kier molecular flexibility index (Phi) is 4.55. The van der Waals surface area contributed by atoms with Crippen LogP contribution in [0.25, 0.3) is 10.9 Å². The molecule has 2 heterocycles. The molecule has 2 aromatic heterocycles. The van der Waals surface area contributed by atoms with Gasteiger partial charge in [-0.3, -0.25) is 0 Å².